The number of amides is 10. The molecule has 8 N–H and O–H groups in total. The zero-order chi connectivity index (χ0) is 104. The molecular weight excluding hydrogens is 1900 g/mol. The molecule has 0 atom stereocenters. The van der Waals surface area contributed by atoms with Gasteiger partial charge in [-0.3, -0.25) is 52.7 Å². The van der Waals surface area contributed by atoms with Crippen LogP contribution in [0.15, 0.2) is 146 Å². The Hall–Kier alpha value is -12.5. The second-order valence-electron chi connectivity index (χ2n) is 33.5. The van der Waals surface area contributed by atoms with Gasteiger partial charge in [0.15, 0.2) is 0 Å². The number of benzene rings is 6. The van der Waals surface area contributed by atoms with Gasteiger partial charge in [0.1, 0.15) is 5.54 Å². The van der Waals surface area contributed by atoms with E-state index in [1.807, 2.05) is 146 Å². The normalized spacial score (nSPS) is 12.1. The summed E-state index contributed by atoms with van der Waals surface area (Å²) in [5.74, 6) is 15.3. The van der Waals surface area contributed by atoms with E-state index in [1.54, 1.807) is 14.7 Å². The van der Waals surface area contributed by atoms with Gasteiger partial charge in [-0.2, -0.15) is 0 Å². The van der Waals surface area contributed by atoms with Crippen molar-refractivity contribution in [2.75, 3.05) is 279 Å². The zero-order valence-corrected chi connectivity index (χ0v) is 83.8. The van der Waals surface area contributed by atoms with E-state index in [9.17, 15) is 52.7 Å². The van der Waals surface area contributed by atoms with E-state index in [1.165, 1.54) is 0 Å². The largest absolute Gasteiger partial charge is 0.481 e. The number of aliphatic carboxylic acids is 1. The van der Waals surface area contributed by atoms with Crippen LogP contribution in [0.5, 0.6) is 0 Å². The minimum absolute atomic E-state index is 0.00439. The molecular formula is C108H140N10O29. The van der Waals surface area contributed by atoms with E-state index < -0.39 is 17.4 Å². The number of carboxylic acid groups (broad SMARTS) is 1. The lowest BCUT2D eigenvalue weighted by Crippen LogP contribution is -2.59. The van der Waals surface area contributed by atoms with Gasteiger partial charge in [0.25, 0.3) is 0 Å². The molecule has 3 aliphatic rings. The Kier molecular flexibility index (Phi) is 58.4. The number of rotatable bonds is 79. The highest BCUT2D eigenvalue weighted by Crippen LogP contribution is 2.30. The molecule has 0 spiro atoms. The molecule has 6 aromatic rings. The molecule has 39 nitrogen and oxygen atoms in total. The zero-order valence-electron chi connectivity index (χ0n) is 83.8. The maximum absolute atomic E-state index is 14.0. The first-order valence-electron chi connectivity index (χ1n) is 49.9. The summed E-state index contributed by atoms with van der Waals surface area (Å²) < 4.78 is 96.8. The molecule has 0 fully saturated rings. The fourth-order valence-electron chi connectivity index (χ4n) is 14.6. The van der Waals surface area contributed by atoms with Gasteiger partial charge in [-0.15, -0.1) is 0 Å². The van der Waals surface area contributed by atoms with Crippen molar-refractivity contribution in [1.82, 2.24) is 37.2 Å². The fraction of sp³-hybridized carbons (Fsp3) is 0.509. The molecule has 0 saturated heterocycles. The Morgan fingerprint density at radius 1 is 0.224 bits per heavy atom. The summed E-state index contributed by atoms with van der Waals surface area (Å²) >= 11 is 0. The number of anilines is 3. The average molecular weight is 2040 g/mol. The number of nitrogens with zero attached hydrogens (tertiary/aromatic N) is 3. The SMILES string of the molecule is O=C(O)CCOCCOCCOCCOCCOCCC(=O)NC(COCCC(=O)NCCOCCOCCOCCNC(=O)CCC(=O)N1Cc2ccccc2C#Cc2ccccc21)(COCCC(=O)NCCOCCOCCOCCNC(=O)CCC(=O)N1Cc2ccccc2C#Cc2ccccc21)COCCC(=O)NCCOCCOCCOCCNC(=O)CCC(=O)N1Cc2ccccc2C#Cc2ccccc21. The maximum Gasteiger partial charge on any atom is 0.305 e. The summed E-state index contributed by atoms with van der Waals surface area (Å²) in [6.45, 7) is 7.59. The number of carbonyl (C=O) groups is 11. The molecule has 0 unspecified atom stereocenters. The van der Waals surface area contributed by atoms with Crippen LogP contribution in [-0.2, 0) is 153 Å². The van der Waals surface area contributed by atoms with Gasteiger partial charge in [0, 0.05) is 137 Å². The molecule has 3 aliphatic heterocycles. The molecule has 6 aromatic carbocycles. The molecule has 796 valence electrons. The predicted molar refractivity (Wildman–Crippen MR) is 541 cm³/mol. The molecule has 10 amide bonds. The van der Waals surface area contributed by atoms with Crippen LogP contribution >= 0.6 is 0 Å². The Morgan fingerprint density at radius 2 is 0.422 bits per heavy atom. The minimum Gasteiger partial charge on any atom is -0.481 e. The summed E-state index contributed by atoms with van der Waals surface area (Å²) in [6, 6.07) is 45.5. The standard InChI is InChI=1S/C108H140N10O29/c119-97(31-34-104(126)116-79-91-19-4-1-13-85(91)25-28-88-16-7-10-22-94(88)116)109-42-53-133-61-69-141-72-64-136-56-45-112-100(122)37-49-145-82-108(115-103(125)40-48-131-59-67-139-75-77-144-78-76-140-68-60-132-52-41-107(129)130,83-146-50-38-101(123)113-46-57-137-65-73-142-70-62-134-54-43-110-98(120)32-35-105(127)117-80-92-20-5-2-14-86(92)26-29-89-17-8-11-23-95(89)117)84-147-51-39-102(124)114-47-58-138-66-74-143-71-63-135-55-44-111-99(121)33-36-106(128)118-81-93-21-6-3-15-87(93)27-30-90-18-9-12-24-96(90)118/h1-24H,31-84H2,(H,109,119)(H,110,120)(H,111,121)(H,112,122)(H,113,123)(H,114,124)(H,115,125)(H,129,130). The highest BCUT2D eigenvalue weighted by atomic mass is 16.6. The Morgan fingerprint density at radius 3 is 0.680 bits per heavy atom. The van der Waals surface area contributed by atoms with E-state index in [4.69, 9.17) is 85.6 Å². The first kappa shape index (κ1) is 118. The highest BCUT2D eigenvalue weighted by molar-refractivity contribution is 5.99. The lowest BCUT2D eigenvalue weighted by atomic mass is 10.0. The van der Waals surface area contributed by atoms with Crippen LogP contribution in [0.1, 0.15) is 121 Å². The molecule has 147 heavy (non-hydrogen) atoms. The lowest BCUT2D eigenvalue weighted by molar-refractivity contribution is -0.138. The van der Waals surface area contributed by atoms with Gasteiger partial charge in [0.2, 0.25) is 59.1 Å². The van der Waals surface area contributed by atoms with Gasteiger partial charge in [-0.25, -0.2) is 0 Å². The van der Waals surface area contributed by atoms with Gasteiger partial charge >= 0.3 is 5.97 Å². The van der Waals surface area contributed by atoms with E-state index in [0.29, 0.717) is 56.5 Å². The van der Waals surface area contributed by atoms with Crippen molar-refractivity contribution >= 4 is 82.1 Å². The summed E-state index contributed by atoms with van der Waals surface area (Å²) in [6.07, 6.45) is -0.443. The monoisotopic (exact) mass is 2040 g/mol. The Labute approximate surface area is 859 Å². The second-order valence-corrected chi connectivity index (χ2v) is 33.5. The molecule has 0 aliphatic carbocycles. The summed E-state index contributed by atoms with van der Waals surface area (Å²) in [4.78, 5) is 148. The predicted octanol–water partition coefficient (Wildman–Crippen LogP) is 5.04. The molecule has 0 bridgehead atoms. The van der Waals surface area contributed by atoms with E-state index in [0.717, 1.165) is 50.1 Å². The van der Waals surface area contributed by atoms with Crippen LogP contribution in [0.2, 0.25) is 0 Å². The smallest absolute Gasteiger partial charge is 0.305 e. The fourth-order valence-corrected chi connectivity index (χ4v) is 14.6. The Balaban J connectivity index is 0.656. The highest BCUT2D eigenvalue weighted by Gasteiger charge is 2.35. The second kappa shape index (κ2) is 72.7. The van der Waals surface area contributed by atoms with Gasteiger partial charge in [-0.1, -0.05) is 127 Å². The third-order valence-corrected chi connectivity index (χ3v) is 22.2. The van der Waals surface area contributed by atoms with Crippen molar-refractivity contribution in [2.24, 2.45) is 0 Å². The van der Waals surface area contributed by atoms with Gasteiger partial charge < -0.3 is 138 Å². The lowest BCUT2D eigenvalue weighted by Gasteiger charge is -2.34. The van der Waals surface area contributed by atoms with Crippen LogP contribution in [0, 0.1) is 35.5 Å². The Bertz CT molecular complexity index is 4770. The van der Waals surface area contributed by atoms with Crippen molar-refractivity contribution in [3.8, 4) is 35.5 Å². The summed E-state index contributed by atoms with van der Waals surface area (Å²) in [5.41, 5.74) is 8.17. The van der Waals surface area contributed by atoms with Crippen LogP contribution in [-0.4, -0.2) is 340 Å². The van der Waals surface area contributed by atoms with Crippen LogP contribution in [0.4, 0.5) is 17.1 Å². The number of carbonyl (C=O) groups excluding carboxylic acids is 10. The van der Waals surface area contributed by atoms with Crippen molar-refractivity contribution in [2.45, 2.75) is 95.8 Å². The molecule has 0 saturated carbocycles. The van der Waals surface area contributed by atoms with E-state index in [-0.39, 0.29) is 368 Å². The van der Waals surface area contributed by atoms with E-state index >= 15 is 0 Å². The summed E-state index contributed by atoms with van der Waals surface area (Å²) in [5, 5.41) is 28.6. The average Bonchev–Trinajstić information content (AvgIpc) is 0.812. The summed E-state index contributed by atoms with van der Waals surface area (Å²) in [7, 11) is 0. The first-order valence-corrected chi connectivity index (χ1v) is 49.9. The number of fused-ring (bicyclic) bond motifs is 6. The number of hydrogen-bond acceptors (Lipinski definition) is 28. The molecule has 0 aromatic heterocycles. The third kappa shape index (κ3) is 49.2. The molecule has 0 radical (unpaired) electrons. The van der Waals surface area contributed by atoms with Crippen LogP contribution in [0.25, 0.3) is 0 Å². The van der Waals surface area contributed by atoms with Crippen molar-refractivity contribution in [1.29, 1.82) is 0 Å². The van der Waals surface area contributed by atoms with Crippen LogP contribution in [0.3, 0.4) is 0 Å². The molecule has 39 heteroatoms. The van der Waals surface area contributed by atoms with Gasteiger partial charge in [0.05, 0.1) is 268 Å². The van der Waals surface area contributed by atoms with Crippen molar-refractivity contribution < 1.29 is 138 Å². The van der Waals surface area contributed by atoms with Crippen molar-refractivity contribution in [3.05, 3.63) is 196 Å². The number of carboxylic acids is 1. The number of ether oxygens (including phenoxy) is 17. The number of hydrogen-bond donors (Lipinski definition) is 8. The maximum atomic E-state index is 14.0. The number of nitrogens with one attached hydrogen (secondary N) is 7. The first-order chi connectivity index (χ1) is 72.0. The molecule has 9 rings (SSSR count). The topological polar surface area (TPSA) is 459 Å². The van der Waals surface area contributed by atoms with E-state index in [2.05, 4.69) is 72.7 Å². The van der Waals surface area contributed by atoms with Crippen molar-refractivity contribution in [3.63, 3.8) is 0 Å². The van der Waals surface area contributed by atoms with Gasteiger partial charge in [-0.05, 0) is 71.3 Å². The minimum atomic E-state index is -1.45. The quantitative estimate of drug-likeness (QED) is 0.0183. The third-order valence-electron chi connectivity index (χ3n) is 22.2. The number of para-hydroxylation sites is 3. The molecule has 3 heterocycles. The van der Waals surface area contributed by atoms with Crippen LogP contribution < -0.4 is 51.9 Å².